The van der Waals surface area contributed by atoms with E-state index in [0.717, 1.165) is 0 Å². The molecular formula is C21H19F2N3O4. The third kappa shape index (κ3) is 4.45. The zero-order valence-electron chi connectivity index (χ0n) is 16.2. The molecule has 0 spiro atoms. The number of amides is 1. The zero-order valence-corrected chi connectivity index (χ0v) is 16.2. The second-order valence-corrected chi connectivity index (χ2v) is 6.41. The number of halogens is 2. The minimum atomic E-state index is -2.90. The van der Waals surface area contributed by atoms with E-state index in [4.69, 9.17) is 0 Å². The van der Waals surface area contributed by atoms with Crippen molar-refractivity contribution in [1.29, 1.82) is 0 Å². The van der Waals surface area contributed by atoms with Gasteiger partial charge in [0, 0.05) is 18.3 Å². The molecule has 30 heavy (non-hydrogen) atoms. The molecule has 0 fully saturated rings. The molecule has 0 atom stereocenters. The van der Waals surface area contributed by atoms with Gasteiger partial charge in [0.25, 0.3) is 5.91 Å². The number of carboxylic acid groups (broad SMARTS) is 1. The number of hydrogen-bond acceptors (Lipinski definition) is 4. The molecule has 0 saturated carbocycles. The number of ether oxygens (including phenoxy) is 1. The van der Waals surface area contributed by atoms with Crippen molar-refractivity contribution in [3.63, 3.8) is 0 Å². The number of carbonyl (C=O) groups excluding carboxylic acids is 1. The van der Waals surface area contributed by atoms with Crippen molar-refractivity contribution in [2.75, 3.05) is 5.32 Å². The van der Waals surface area contributed by atoms with E-state index >= 15 is 0 Å². The van der Waals surface area contributed by atoms with Crippen LogP contribution in [0.3, 0.4) is 0 Å². The minimum absolute atomic E-state index is 0.0328. The van der Waals surface area contributed by atoms with Crippen LogP contribution in [0.25, 0.3) is 11.3 Å². The molecule has 0 aliphatic carbocycles. The monoisotopic (exact) mass is 415 g/mol. The number of carbonyl (C=O) groups is 2. The van der Waals surface area contributed by atoms with E-state index in [1.54, 1.807) is 29.8 Å². The molecule has 0 radical (unpaired) electrons. The molecule has 7 nitrogen and oxygen atoms in total. The van der Waals surface area contributed by atoms with Crippen LogP contribution in [0, 0.1) is 0 Å². The molecule has 1 amide bonds. The summed E-state index contributed by atoms with van der Waals surface area (Å²) in [6.07, 6.45) is 2.01. The van der Waals surface area contributed by atoms with E-state index in [1.807, 2.05) is 6.92 Å². The van der Waals surface area contributed by atoms with Gasteiger partial charge in [-0.15, -0.1) is 0 Å². The number of nitrogens with one attached hydrogen (secondary N) is 1. The summed E-state index contributed by atoms with van der Waals surface area (Å²) in [6, 6.07) is 10.6. The Bertz CT molecular complexity index is 1080. The lowest BCUT2D eigenvalue weighted by molar-refractivity contribution is -0.0498. The standard InChI is InChI=1S/C21H19F2N3O4/c1-3-12-10-14(6-9-16(12)20(28)29)25-19(27)18-24-11-17(26(18)2)13-4-7-15(8-5-13)30-21(22)23/h4-11,21H,3H2,1-2H3,(H,25,27)(H,28,29). The third-order valence-corrected chi connectivity index (χ3v) is 4.54. The molecule has 9 heteroatoms. The van der Waals surface area contributed by atoms with Crippen molar-refractivity contribution >= 4 is 17.6 Å². The van der Waals surface area contributed by atoms with E-state index in [-0.39, 0.29) is 17.1 Å². The molecule has 3 aromatic rings. The summed E-state index contributed by atoms with van der Waals surface area (Å²) in [5.74, 6) is -1.32. The lowest BCUT2D eigenvalue weighted by Gasteiger charge is -2.10. The SMILES string of the molecule is CCc1cc(NC(=O)c2ncc(-c3ccc(OC(F)F)cc3)n2C)ccc1C(=O)O. The highest BCUT2D eigenvalue weighted by Crippen LogP contribution is 2.24. The average molecular weight is 415 g/mol. The fourth-order valence-corrected chi connectivity index (χ4v) is 3.06. The Balaban J connectivity index is 1.80. The molecule has 0 bridgehead atoms. The number of imidazole rings is 1. The Labute approximate surface area is 170 Å². The smallest absolute Gasteiger partial charge is 0.387 e. The first-order chi connectivity index (χ1) is 14.3. The van der Waals surface area contributed by atoms with Gasteiger partial charge in [-0.25, -0.2) is 9.78 Å². The van der Waals surface area contributed by atoms with Gasteiger partial charge in [0.2, 0.25) is 0 Å². The number of nitrogens with zero attached hydrogens (tertiary/aromatic N) is 2. The van der Waals surface area contributed by atoms with Crippen LogP contribution >= 0.6 is 0 Å². The van der Waals surface area contributed by atoms with E-state index in [2.05, 4.69) is 15.0 Å². The van der Waals surface area contributed by atoms with E-state index in [1.165, 1.54) is 30.5 Å². The first kappa shape index (κ1) is 21.0. The highest BCUT2D eigenvalue weighted by Gasteiger charge is 2.17. The topological polar surface area (TPSA) is 93.5 Å². The van der Waals surface area contributed by atoms with Crippen LogP contribution in [0.4, 0.5) is 14.5 Å². The number of carboxylic acids is 1. The van der Waals surface area contributed by atoms with Gasteiger partial charge in [-0.3, -0.25) is 4.79 Å². The Morgan fingerprint density at radius 3 is 2.50 bits per heavy atom. The predicted octanol–water partition coefficient (Wildman–Crippen LogP) is 4.20. The maximum atomic E-state index is 12.7. The predicted molar refractivity (Wildman–Crippen MR) is 106 cm³/mol. The van der Waals surface area contributed by atoms with Crippen molar-refractivity contribution in [2.45, 2.75) is 20.0 Å². The maximum Gasteiger partial charge on any atom is 0.387 e. The molecule has 0 unspecified atom stereocenters. The van der Waals surface area contributed by atoms with Crippen LogP contribution < -0.4 is 10.1 Å². The van der Waals surface area contributed by atoms with Gasteiger partial charge in [-0.05, 0) is 54.4 Å². The molecule has 3 rings (SSSR count). The van der Waals surface area contributed by atoms with Gasteiger partial charge in [-0.2, -0.15) is 8.78 Å². The zero-order chi connectivity index (χ0) is 21.8. The first-order valence-corrected chi connectivity index (χ1v) is 9.04. The van der Waals surface area contributed by atoms with Gasteiger partial charge in [-0.1, -0.05) is 6.92 Å². The fraction of sp³-hybridized carbons (Fsp3) is 0.190. The van der Waals surface area contributed by atoms with Gasteiger partial charge >= 0.3 is 12.6 Å². The van der Waals surface area contributed by atoms with Crippen LogP contribution in [-0.2, 0) is 13.5 Å². The molecule has 1 aromatic heterocycles. The molecule has 0 aliphatic rings. The molecule has 0 saturated heterocycles. The quantitative estimate of drug-likeness (QED) is 0.603. The average Bonchev–Trinajstić information content (AvgIpc) is 3.09. The molecular weight excluding hydrogens is 396 g/mol. The molecule has 2 aromatic carbocycles. The van der Waals surface area contributed by atoms with Crippen LogP contribution in [0.5, 0.6) is 5.75 Å². The Kier molecular flexibility index (Phi) is 6.10. The summed E-state index contributed by atoms with van der Waals surface area (Å²) < 4.78 is 30.5. The van der Waals surface area contributed by atoms with Crippen LogP contribution in [0.2, 0.25) is 0 Å². The number of anilines is 1. The third-order valence-electron chi connectivity index (χ3n) is 4.54. The van der Waals surface area contributed by atoms with Crippen molar-refractivity contribution in [3.8, 4) is 17.0 Å². The fourth-order valence-electron chi connectivity index (χ4n) is 3.06. The van der Waals surface area contributed by atoms with Crippen LogP contribution in [0.1, 0.15) is 33.5 Å². The van der Waals surface area contributed by atoms with Gasteiger partial charge in [0.1, 0.15) is 5.75 Å². The largest absolute Gasteiger partial charge is 0.478 e. The van der Waals surface area contributed by atoms with E-state index in [0.29, 0.717) is 28.9 Å². The highest BCUT2D eigenvalue weighted by atomic mass is 19.3. The van der Waals surface area contributed by atoms with Crippen molar-refractivity contribution in [3.05, 3.63) is 65.6 Å². The second kappa shape index (κ2) is 8.73. The highest BCUT2D eigenvalue weighted by molar-refractivity contribution is 6.02. The van der Waals surface area contributed by atoms with Crippen LogP contribution in [-0.4, -0.2) is 33.1 Å². The van der Waals surface area contributed by atoms with Gasteiger partial charge in [0.15, 0.2) is 5.82 Å². The Morgan fingerprint density at radius 2 is 1.90 bits per heavy atom. The van der Waals surface area contributed by atoms with Crippen molar-refractivity contribution in [1.82, 2.24) is 9.55 Å². The van der Waals surface area contributed by atoms with Gasteiger partial charge < -0.3 is 19.7 Å². The van der Waals surface area contributed by atoms with E-state index in [9.17, 15) is 23.5 Å². The van der Waals surface area contributed by atoms with Crippen LogP contribution in [0.15, 0.2) is 48.7 Å². The number of rotatable bonds is 7. The number of aromatic carboxylic acids is 1. The minimum Gasteiger partial charge on any atom is -0.478 e. The Hall–Kier alpha value is -3.75. The summed E-state index contributed by atoms with van der Waals surface area (Å²) >= 11 is 0. The number of aryl methyl sites for hydroxylation is 1. The summed E-state index contributed by atoms with van der Waals surface area (Å²) in [4.78, 5) is 28.1. The number of aromatic nitrogens is 2. The summed E-state index contributed by atoms with van der Waals surface area (Å²) in [7, 11) is 1.66. The second-order valence-electron chi connectivity index (χ2n) is 6.41. The van der Waals surface area contributed by atoms with Crippen molar-refractivity contribution in [2.24, 2.45) is 7.05 Å². The summed E-state index contributed by atoms with van der Waals surface area (Å²) in [5, 5.41) is 11.9. The summed E-state index contributed by atoms with van der Waals surface area (Å²) in [5.41, 5.74) is 2.53. The molecule has 1 heterocycles. The maximum absolute atomic E-state index is 12.7. The normalized spacial score (nSPS) is 10.8. The van der Waals surface area contributed by atoms with E-state index < -0.39 is 18.5 Å². The number of hydrogen-bond donors (Lipinski definition) is 2. The summed E-state index contributed by atoms with van der Waals surface area (Å²) in [6.45, 7) is -1.07. The van der Waals surface area contributed by atoms with Crippen molar-refractivity contribution < 1.29 is 28.2 Å². The lowest BCUT2D eigenvalue weighted by atomic mass is 10.0. The first-order valence-electron chi connectivity index (χ1n) is 9.04. The molecule has 156 valence electrons. The molecule has 0 aliphatic heterocycles. The van der Waals surface area contributed by atoms with Gasteiger partial charge in [0.05, 0.1) is 17.5 Å². The Morgan fingerprint density at radius 1 is 1.20 bits per heavy atom. The number of benzene rings is 2. The number of alkyl halides is 2. The lowest BCUT2D eigenvalue weighted by Crippen LogP contribution is -2.17. The molecule has 2 N–H and O–H groups in total.